The molecule has 0 aliphatic heterocycles. The number of aryl methyl sites for hydroxylation is 1. The molecule has 1 aromatic rings. The van der Waals surface area contributed by atoms with Crippen LogP contribution in [0.2, 0.25) is 0 Å². The van der Waals surface area contributed by atoms with Gasteiger partial charge in [-0.05, 0) is 24.5 Å². The molecule has 0 spiro atoms. The molecule has 0 aliphatic carbocycles. The largest absolute Gasteiger partial charge is 0.286 e. The van der Waals surface area contributed by atoms with Gasteiger partial charge in [0.05, 0.1) is 5.75 Å². The van der Waals surface area contributed by atoms with E-state index in [1.54, 1.807) is 0 Å². The number of rotatable bonds is 4. The third kappa shape index (κ3) is 3.49. The van der Waals surface area contributed by atoms with E-state index in [0.717, 1.165) is 12.1 Å². The Bertz CT molecular complexity index is 485. The Hall–Kier alpha value is -1.08. The van der Waals surface area contributed by atoms with Crippen molar-refractivity contribution >= 4 is 10.1 Å². The summed E-state index contributed by atoms with van der Waals surface area (Å²) in [6, 6.07) is 1.80. The first kappa shape index (κ1) is 13.0. The van der Waals surface area contributed by atoms with Crippen LogP contribution in [-0.2, 0) is 16.5 Å². The second kappa shape index (κ2) is 4.84. The molecule has 0 aliphatic rings. The SMILES string of the molecule is O=S(=O)(O)CCCc1ccc(F)c(F)c1F. The Morgan fingerprint density at radius 3 is 2.31 bits per heavy atom. The highest BCUT2D eigenvalue weighted by Crippen LogP contribution is 2.16. The zero-order valence-electron chi connectivity index (χ0n) is 8.08. The Kier molecular flexibility index (Phi) is 3.93. The molecule has 0 unspecified atom stereocenters. The van der Waals surface area contributed by atoms with Gasteiger partial charge in [-0.15, -0.1) is 0 Å². The molecule has 3 nitrogen and oxygen atoms in total. The number of benzene rings is 1. The molecule has 16 heavy (non-hydrogen) atoms. The van der Waals surface area contributed by atoms with Crippen LogP contribution in [0.1, 0.15) is 12.0 Å². The molecule has 0 heterocycles. The fourth-order valence-electron chi connectivity index (χ4n) is 1.20. The molecule has 0 fully saturated rings. The normalized spacial score (nSPS) is 11.8. The van der Waals surface area contributed by atoms with Crippen LogP contribution in [-0.4, -0.2) is 18.7 Å². The molecular weight excluding hydrogens is 245 g/mol. The Morgan fingerprint density at radius 2 is 1.75 bits per heavy atom. The van der Waals surface area contributed by atoms with Crippen LogP contribution in [0.3, 0.4) is 0 Å². The van der Waals surface area contributed by atoms with Gasteiger partial charge in [-0.25, -0.2) is 13.2 Å². The van der Waals surface area contributed by atoms with Crippen LogP contribution < -0.4 is 0 Å². The van der Waals surface area contributed by atoms with Gasteiger partial charge in [-0.1, -0.05) is 6.07 Å². The van der Waals surface area contributed by atoms with E-state index in [0.29, 0.717) is 0 Å². The summed E-state index contributed by atoms with van der Waals surface area (Å²) < 4.78 is 67.4. The van der Waals surface area contributed by atoms with Gasteiger partial charge in [0.2, 0.25) is 0 Å². The van der Waals surface area contributed by atoms with Crippen molar-refractivity contribution in [2.24, 2.45) is 0 Å². The number of halogens is 3. The Balaban J connectivity index is 2.72. The van der Waals surface area contributed by atoms with Crippen LogP contribution in [0.4, 0.5) is 13.2 Å². The lowest BCUT2D eigenvalue weighted by Gasteiger charge is -2.03. The van der Waals surface area contributed by atoms with Gasteiger partial charge in [0.1, 0.15) is 0 Å². The van der Waals surface area contributed by atoms with Crippen LogP contribution in [0, 0.1) is 17.5 Å². The van der Waals surface area contributed by atoms with Gasteiger partial charge >= 0.3 is 0 Å². The summed E-state index contributed by atoms with van der Waals surface area (Å²) in [5.74, 6) is -4.75. The van der Waals surface area contributed by atoms with Crippen molar-refractivity contribution in [1.29, 1.82) is 0 Å². The molecule has 1 N–H and O–H groups in total. The van der Waals surface area contributed by atoms with Crippen molar-refractivity contribution in [2.45, 2.75) is 12.8 Å². The van der Waals surface area contributed by atoms with Crippen molar-refractivity contribution < 1.29 is 26.1 Å². The van der Waals surface area contributed by atoms with Gasteiger partial charge in [0, 0.05) is 0 Å². The molecule has 1 aromatic carbocycles. The highest BCUT2D eigenvalue weighted by atomic mass is 32.2. The van der Waals surface area contributed by atoms with Crippen molar-refractivity contribution in [3.63, 3.8) is 0 Å². The highest BCUT2D eigenvalue weighted by molar-refractivity contribution is 7.85. The molecule has 90 valence electrons. The predicted octanol–water partition coefficient (Wildman–Crippen LogP) is 1.92. The molecule has 0 saturated heterocycles. The van der Waals surface area contributed by atoms with Gasteiger partial charge in [-0.3, -0.25) is 4.55 Å². The minimum Gasteiger partial charge on any atom is -0.286 e. The third-order valence-electron chi connectivity index (χ3n) is 1.96. The topological polar surface area (TPSA) is 54.4 Å². The molecule has 0 radical (unpaired) electrons. The van der Waals surface area contributed by atoms with Crippen LogP contribution in [0.5, 0.6) is 0 Å². The summed E-state index contributed by atoms with van der Waals surface area (Å²) >= 11 is 0. The number of hydrogen-bond acceptors (Lipinski definition) is 2. The second-order valence-corrected chi connectivity index (χ2v) is 4.80. The van der Waals surface area contributed by atoms with E-state index in [1.165, 1.54) is 0 Å². The zero-order chi connectivity index (χ0) is 12.3. The minimum absolute atomic E-state index is 0.0686. The fourth-order valence-corrected chi connectivity index (χ4v) is 1.71. The molecule has 0 aromatic heterocycles. The van der Waals surface area contributed by atoms with Crippen molar-refractivity contribution in [2.75, 3.05) is 5.75 Å². The lowest BCUT2D eigenvalue weighted by Crippen LogP contribution is -2.06. The maximum absolute atomic E-state index is 13.1. The number of hydrogen-bond donors (Lipinski definition) is 1. The van der Waals surface area contributed by atoms with Crippen molar-refractivity contribution in [3.05, 3.63) is 35.1 Å². The fraction of sp³-hybridized carbons (Fsp3) is 0.333. The van der Waals surface area contributed by atoms with E-state index in [4.69, 9.17) is 4.55 Å². The van der Waals surface area contributed by atoms with E-state index < -0.39 is 33.3 Å². The standard InChI is InChI=1S/C9H9F3O3S/c10-7-4-3-6(8(11)9(7)12)2-1-5-16(13,14)15/h3-4H,1-2,5H2,(H,13,14,15). The van der Waals surface area contributed by atoms with Crippen LogP contribution in [0.15, 0.2) is 12.1 Å². The van der Waals surface area contributed by atoms with Crippen LogP contribution in [0.25, 0.3) is 0 Å². The summed E-state index contributed by atoms with van der Waals surface area (Å²) in [6.07, 6.45) is -0.163. The van der Waals surface area contributed by atoms with Crippen LogP contribution >= 0.6 is 0 Å². The quantitative estimate of drug-likeness (QED) is 0.659. The molecule has 0 bridgehead atoms. The zero-order valence-corrected chi connectivity index (χ0v) is 8.90. The molecule has 7 heteroatoms. The smallest absolute Gasteiger partial charge is 0.264 e. The maximum atomic E-state index is 13.1. The van der Waals surface area contributed by atoms with E-state index in [9.17, 15) is 21.6 Å². The first-order valence-corrected chi connectivity index (χ1v) is 5.99. The lowest BCUT2D eigenvalue weighted by atomic mass is 10.1. The Labute approximate surface area is 90.7 Å². The molecule has 0 amide bonds. The lowest BCUT2D eigenvalue weighted by molar-refractivity contribution is 0.440. The van der Waals surface area contributed by atoms with E-state index in [1.807, 2.05) is 0 Å². The van der Waals surface area contributed by atoms with Gasteiger partial charge in [0.25, 0.3) is 10.1 Å². The predicted molar refractivity (Wildman–Crippen MR) is 51.1 cm³/mol. The summed E-state index contributed by atoms with van der Waals surface area (Å²) in [6.45, 7) is 0. The average molecular weight is 254 g/mol. The molecule has 0 atom stereocenters. The third-order valence-corrected chi connectivity index (χ3v) is 2.77. The van der Waals surface area contributed by atoms with E-state index in [-0.39, 0.29) is 18.4 Å². The van der Waals surface area contributed by atoms with E-state index >= 15 is 0 Å². The first-order chi connectivity index (χ1) is 7.31. The van der Waals surface area contributed by atoms with Crippen molar-refractivity contribution in [1.82, 2.24) is 0 Å². The monoisotopic (exact) mass is 254 g/mol. The van der Waals surface area contributed by atoms with Crippen molar-refractivity contribution in [3.8, 4) is 0 Å². The second-order valence-electron chi connectivity index (χ2n) is 3.22. The maximum Gasteiger partial charge on any atom is 0.264 e. The van der Waals surface area contributed by atoms with E-state index in [2.05, 4.69) is 0 Å². The van der Waals surface area contributed by atoms with Gasteiger partial charge in [-0.2, -0.15) is 8.42 Å². The molecular formula is C9H9F3O3S. The Morgan fingerprint density at radius 1 is 1.12 bits per heavy atom. The molecule has 1 rings (SSSR count). The molecule has 0 saturated carbocycles. The van der Waals surface area contributed by atoms with Gasteiger partial charge < -0.3 is 0 Å². The van der Waals surface area contributed by atoms with Gasteiger partial charge in [0.15, 0.2) is 17.5 Å². The average Bonchev–Trinajstić information content (AvgIpc) is 2.16. The summed E-state index contributed by atoms with van der Waals surface area (Å²) in [5, 5.41) is 0. The summed E-state index contributed by atoms with van der Waals surface area (Å²) in [7, 11) is -4.12. The summed E-state index contributed by atoms with van der Waals surface area (Å²) in [5.41, 5.74) is -0.123. The highest BCUT2D eigenvalue weighted by Gasteiger charge is 2.13. The first-order valence-electron chi connectivity index (χ1n) is 4.39. The summed E-state index contributed by atoms with van der Waals surface area (Å²) in [4.78, 5) is 0. The minimum atomic E-state index is -4.12.